The highest BCUT2D eigenvalue weighted by molar-refractivity contribution is 6.02. The Morgan fingerprint density at radius 1 is 1.29 bits per heavy atom. The minimum absolute atomic E-state index is 0.196. The Morgan fingerprint density at radius 2 is 2.00 bits per heavy atom. The largest absolute Gasteiger partial charge is 0.459 e. The predicted molar refractivity (Wildman–Crippen MR) is 73.6 cm³/mol. The number of hydrogen-bond donors (Lipinski definition) is 1. The molecule has 2 aromatic rings. The smallest absolute Gasteiger partial charge is 0.339 e. The molecule has 1 aromatic carbocycles. The molecule has 0 saturated carbocycles. The van der Waals surface area contributed by atoms with E-state index in [-0.39, 0.29) is 11.7 Å². The summed E-state index contributed by atoms with van der Waals surface area (Å²) in [6, 6.07) is 11.1. The molecule has 0 aliphatic heterocycles. The van der Waals surface area contributed by atoms with E-state index in [9.17, 15) is 9.59 Å². The first-order chi connectivity index (χ1) is 10.1. The summed E-state index contributed by atoms with van der Waals surface area (Å²) in [7, 11) is 0. The van der Waals surface area contributed by atoms with Crippen LogP contribution < -0.4 is 5.32 Å². The number of carbonyl (C=O) groups is 2. The Hall–Kier alpha value is -3.07. The zero-order chi connectivity index (χ0) is 15.2. The van der Waals surface area contributed by atoms with Crippen LogP contribution in [0, 0.1) is 11.3 Å². The van der Waals surface area contributed by atoms with Gasteiger partial charge in [-0.3, -0.25) is 4.79 Å². The van der Waals surface area contributed by atoms with Gasteiger partial charge in [-0.05, 0) is 43.3 Å². The lowest BCUT2D eigenvalue weighted by Crippen LogP contribution is -2.13. The number of hydrogen-bond acceptors (Lipinski definition) is 5. The zero-order valence-electron chi connectivity index (χ0n) is 11.2. The molecule has 0 saturated heterocycles. The van der Waals surface area contributed by atoms with E-state index in [0.29, 0.717) is 11.3 Å². The van der Waals surface area contributed by atoms with Crippen molar-refractivity contribution in [1.82, 2.24) is 0 Å². The number of rotatable bonds is 4. The van der Waals surface area contributed by atoms with Crippen molar-refractivity contribution in [2.75, 3.05) is 5.32 Å². The summed E-state index contributed by atoms with van der Waals surface area (Å²) in [5, 5.41) is 11.2. The number of esters is 1. The third-order valence-corrected chi connectivity index (χ3v) is 2.59. The van der Waals surface area contributed by atoms with Crippen LogP contribution in [0.4, 0.5) is 5.69 Å². The third-order valence-electron chi connectivity index (χ3n) is 2.59. The van der Waals surface area contributed by atoms with Gasteiger partial charge in [0.2, 0.25) is 0 Å². The van der Waals surface area contributed by atoms with Crippen LogP contribution in [0.15, 0.2) is 47.1 Å². The molecule has 0 unspecified atom stereocenters. The molecule has 2 rings (SSSR count). The fourth-order valence-corrected chi connectivity index (χ4v) is 1.55. The number of nitrogens with zero attached hydrogens (tertiary/aromatic N) is 1. The van der Waals surface area contributed by atoms with Crippen molar-refractivity contribution in [2.24, 2.45) is 0 Å². The second kappa shape index (κ2) is 6.39. The second-order valence-electron chi connectivity index (χ2n) is 4.19. The topological polar surface area (TPSA) is 92.3 Å². The van der Waals surface area contributed by atoms with Crippen LogP contribution >= 0.6 is 0 Å². The van der Waals surface area contributed by atoms with Gasteiger partial charge in [-0.15, -0.1) is 0 Å². The van der Waals surface area contributed by atoms with Crippen molar-refractivity contribution in [2.45, 2.75) is 13.0 Å². The van der Waals surface area contributed by atoms with E-state index in [1.165, 1.54) is 25.3 Å². The van der Waals surface area contributed by atoms with E-state index in [1.807, 2.05) is 6.07 Å². The average molecular weight is 284 g/mol. The number of carbonyl (C=O) groups excluding carboxylic acids is 2. The molecular formula is C15H12N2O4. The molecule has 1 heterocycles. The van der Waals surface area contributed by atoms with Crippen molar-refractivity contribution in [3.63, 3.8) is 0 Å². The van der Waals surface area contributed by atoms with Crippen LogP contribution in [0.3, 0.4) is 0 Å². The minimum Gasteiger partial charge on any atom is -0.459 e. The lowest BCUT2D eigenvalue weighted by molar-refractivity contribution is 0.0435. The fraction of sp³-hybridized carbons (Fsp3) is 0.133. The van der Waals surface area contributed by atoms with Gasteiger partial charge < -0.3 is 14.5 Å². The first kappa shape index (κ1) is 14.3. The molecule has 0 aliphatic carbocycles. The van der Waals surface area contributed by atoms with Crippen molar-refractivity contribution in [1.29, 1.82) is 5.26 Å². The number of nitriles is 1. The van der Waals surface area contributed by atoms with Crippen molar-refractivity contribution < 1.29 is 18.7 Å². The Bertz CT molecular complexity index is 669. The molecule has 0 fully saturated rings. The Balaban J connectivity index is 2.01. The van der Waals surface area contributed by atoms with E-state index in [2.05, 4.69) is 5.32 Å². The highest BCUT2D eigenvalue weighted by atomic mass is 16.5. The molecule has 106 valence electrons. The molecule has 0 bridgehead atoms. The maximum absolute atomic E-state index is 11.7. The highest BCUT2D eigenvalue weighted by Gasteiger charge is 2.12. The Labute approximate surface area is 120 Å². The summed E-state index contributed by atoms with van der Waals surface area (Å²) in [4.78, 5) is 23.4. The van der Waals surface area contributed by atoms with Gasteiger partial charge >= 0.3 is 5.97 Å². The average Bonchev–Trinajstić information content (AvgIpc) is 3.02. The molecule has 1 N–H and O–H groups in total. The van der Waals surface area contributed by atoms with E-state index in [1.54, 1.807) is 24.3 Å². The molecule has 0 radical (unpaired) electrons. The second-order valence-corrected chi connectivity index (χ2v) is 4.19. The van der Waals surface area contributed by atoms with Crippen molar-refractivity contribution in [3.05, 3.63) is 54.0 Å². The number of ether oxygens (including phenoxy) is 1. The van der Waals surface area contributed by atoms with Gasteiger partial charge in [-0.2, -0.15) is 5.26 Å². The van der Waals surface area contributed by atoms with Gasteiger partial charge in [-0.1, -0.05) is 0 Å². The number of benzene rings is 1. The summed E-state index contributed by atoms with van der Waals surface area (Å²) in [6.07, 6.45) is 0.598. The van der Waals surface area contributed by atoms with Crippen LogP contribution in [0.25, 0.3) is 0 Å². The summed E-state index contributed by atoms with van der Waals surface area (Å²) in [6.45, 7) is 1.48. The first-order valence-corrected chi connectivity index (χ1v) is 6.15. The van der Waals surface area contributed by atoms with Gasteiger partial charge in [0.25, 0.3) is 5.91 Å². The molecule has 1 amide bonds. The minimum atomic E-state index is -0.809. The normalized spacial score (nSPS) is 11.2. The van der Waals surface area contributed by atoms with Crippen LogP contribution in [0.5, 0.6) is 0 Å². The quantitative estimate of drug-likeness (QED) is 0.871. The molecule has 1 atom stereocenters. The van der Waals surface area contributed by atoms with Gasteiger partial charge in [0.15, 0.2) is 11.9 Å². The fourth-order valence-electron chi connectivity index (χ4n) is 1.55. The summed E-state index contributed by atoms with van der Waals surface area (Å²) in [5.74, 6) is -0.775. The SMILES string of the molecule is C[C@@H](C#N)OC(=O)c1ccc(NC(=O)c2ccco2)cc1. The number of furan rings is 1. The van der Waals surface area contributed by atoms with Crippen LogP contribution in [0.2, 0.25) is 0 Å². The van der Waals surface area contributed by atoms with Crippen LogP contribution in [-0.4, -0.2) is 18.0 Å². The standard InChI is InChI=1S/C15H12N2O4/c1-10(9-16)21-15(19)11-4-6-12(7-5-11)17-14(18)13-3-2-8-20-13/h2-8,10H,1H3,(H,17,18)/t10-/m0/s1. The van der Waals surface area contributed by atoms with E-state index >= 15 is 0 Å². The Kier molecular flexibility index (Phi) is 4.36. The maximum Gasteiger partial charge on any atom is 0.339 e. The first-order valence-electron chi connectivity index (χ1n) is 6.15. The van der Waals surface area contributed by atoms with Gasteiger partial charge in [0.05, 0.1) is 11.8 Å². The molecular weight excluding hydrogens is 272 g/mol. The maximum atomic E-state index is 11.7. The van der Waals surface area contributed by atoms with Crippen LogP contribution in [-0.2, 0) is 4.74 Å². The molecule has 0 spiro atoms. The summed E-state index contributed by atoms with van der Waals surface area (Å²) < 4.78 is 9.83. The van der Waals surface area contributed by atoms with Crippen molar-refractivity contribution in [3.8, 4) is 6.07 Å². The molecule has 1 aromatic heterocycles. The van der Waals surface area contributed by atoms with Gasteiger partial charge in [-0.25, -0.2) is 4.79 Å². The highest BCUT2D eigenvalue weighted by Crippen LogP contribution is 2.13. The van der Waals surface area contributed by atoms with Crippen molar-refractivity contribution >= 4 is 17.6 Å². The van der Waals surface area contributed by atoms with Gasteiger partial charge in [0, 0.05) is 5.69 Å². The van der Waals surface area contributed by atoms with E-state index < -0.39 is 12.1 Å². The third kappa shape index (κ3) is 3.70. The van der Waals surface area contributed by atoms with Gasteiger partial charge in [0.1, 0.15) is 6.07 Å². The predicted octanol–water partition coefficient (Wildman–Crippen LogP) is 2.60. The van der Waals surface area contributed by atoms with E-state index in [4.69, 9.17) is 14.4 Å². The number of nitrogens with one attached hydrogen (secondary N) is 1. The monoisotopic (exact) mass is 284 g/mol. The zero-order valence-corrected chi connectivity index (χ0v) is 11.2. The number of anilines is 1. The van der Waals surface area contributed by atoms with Crippen LogP contribution in [0.1, 0.15) is 27.8 Å². The molecule has 0 aliphatic rings. The molecule has 6 nitrogen and oxygen atoms in total. The summed E-state index contributed by atoms with van der Waals surface area (Å²) in [5.41, 5.74) is 0.814. The Morgan fingerprint density at radius 3 is 2.57 bits per heavy atom. The lowest BCUT2D eigenvalue weighted by atomic mass is 10.2. The number of amides is 1. The summed E-state index contributed by atoms with van der Waals surface area (Å²) >= 11 is 0. The van der Waals surface area contributed by atoms with E-state index in [0.717, 1.165) is 0 Å². The molecule has 21 heavy (non-hydrogen) atoms. The molecule has 6 heteroatoms. The lowest BCUT2D eigenvalue weighted by Gasteiger charge is -2.07.